The first-order valence-corrected chi connectivity index (χ1v) is 7.94. The number of benzene rings is 1. The molecule has 0 spiro atoms. The van der Waals surface area contributed by atoms with E-state index in [1.165, 1.54) is 0 Å². The first-order valence-electron chi connectivity index (χ1n) is 7.94. The summed E-state index contributed by atoms with van der Waals surface area (Å²) in [6.07, 6.45) is 0.506. The van der Waals surface area contributed by atoms with Gasteiger partial charge in [-0.1, -0.05) is 24.2 Å². The number of H-pyrrole nitrogens is 1. The number of carbonyl (C=O) groups is 1. The Labute approximate surface area is 148 Å². The van der Waals surface area contributed by atoms with Crippen LogP contribution in [0.25, 0.3) is 16.6 Å². The zero-order chi connectivity index (χ0) is 18.7. The zero-order valence-electron chi connectivity index (χ0n) is 14.2. The van der Waals surface area contributed by atoms with E-state index in [1.807, 2.05) is 25.1 Å². The standard InChI is InChI=1S/C18H16N4O4/c1-3-12-16(10(2)26-22-12)18(24)25-9-15(23)11(8-19)17-20-13-6-4-5-7-14(13)21-17/h4-7,23H,3,9H2,1-2H3,(H,20,21)/b15-11-. The molecule has 0 aliphatic rings. The number of aromatic amines is 1. The normalized spacial score (nSPS) is 11.9. The predicted octanol–water partition coefficient (Wildman–Crippen LogP) is 3.07. The number of fused-ring (bicyclic) bond motifs is 1. The molecular formula is C18H16N4O4. The van der Waals surface area contributed by atoms with Crippen LogP contribution in [-0.4, -0.2) is 32.8 Å². The van der Waals surface area contributed by atoms with Gasteiger partial charge in [0.15, 0.2) is 11.6 Å². The average Bonchev–Trinajstić information content (AvgIpc) is 3.23. The minimum Gasteiger partial charge on any atom is -0.507 e. The molecule has 2 N–H and O–H groups in total. The maximum Gasteiger partial charge on any atom is 0.344 e. The highest BCUT2D eigenvalue weighted by Gasteiger charge is 2.22. The Morgan fingerprint density at radius 1 is 1.42 bits per heavy atom. The molecule has 8 heteroatoms. The first-order chi connectivity index (χ1) is 12.5. The Bertz CT molecular complexity index is 1010. The maximum atomic E-state index is 12.2. The van der Waals surface area contributed by atoms with E-state index in [0.717, 1.165) is 5.52 Å². The minimum absolute atomic E-state index is 0.0910. The van der Waals surface area contributed by atoms with Gasteiger partial charge in [0, 0.05) is 0 Å². The second-order valence-electron chi connectivity index (χ2n) is 5.53. The lowest BCUT2D eigenvalue weighted by Crippen LogP contribution is -2.11. The molecule has 0 saturated heterocycles. The molecule has 1 aromatic carbocycles. The number of carbonyl (C=O) groups excluding carboxylic acids is 1. The predicted molar refractivity (Wildman–Crippen MR) is 92.2 cm³/mol. The fourth-order valence-corrected chi connectivity index (χ4v) is 2.52. The third kappa shape index (κ3) is 3.15. The van der Waals surface area contributed by atoms with E-state index in [4.69, 9.17) is 9.26 Å². The Morgan fingerprint density at radius 2 is 2.19 bits per heavy atom. The van der Waals surface area contributed by atoms with Gasteiger partial charge in [0.1, 0.15) is 29.6 Å². The highest BCUT2D eigenvalue weighted by Crippen LogP contribution is 2.20. The van der Waals surface area contributed by atoms with Crippen LogP contribution >= 0.6 is 0 Å². The quantitative estimate of drug-likeness (QED) is 0.410. The van der Waals surface area contributed by atoms with Gasteiger partial charge in [-0.25, -0.2) is 9.78 Å². The molecule has 0 aliphatic heterocycles. The third-order valence-electron chi connectivity index (χ3n) is 3.84. The summed E-state index contributed by atoms with van der Waals surface area (Å²) in [4.78, 5) is 19.5. The van der Waals surface area contributed by atoms with Gasteiger partial charge in [0.25, 0.3) is 0 Å². The summed E-state index contributed by atoms with van der Waals surface area (Å²) in [5, 5.41) is 23.4. The average molecular weight is 352 g/mol. The van der Waals surface area contributed by atoms with Gasteiger partial charge in [0.2, 0.25) is 0 Å². The lowest BCUT2D eigenvalue weighted by Gasteiger charge is -2.05. The number of aliphatic hydroxyl groups excluding tert-OH is 1. The van der Waals surface area contributed by atoms with Crippen molar-refractivity contribution < 1.29 is 19.2 Å². The van der Waals surface area contributed by atoms with Crippen LogP contribution in [0, 0.1) is 18.3 Å². The second-order valence-corrected chi connectivity index (χ2v) is 5.53. The molecule has 0 atom stereocenters. The van der Waals surface area contributed by atoms with Crippen molar-refractivity contribution in [1.29, 1.82) is 5.26 Å². The van der Waals surface area contributed by atoms with Crippen molar-refractivity contribution in [3.05, 3.63) is 52.9 Å². The number of nitrogens with one attached hydrogen (secondary N) is 1. The summed E-state index contributed by atoms with van der Waals surface area (Å²) in [5.74, 6) is -0.521. The molecule has 0 saturated carbocycles. The van der Waals surface area contributed by atoms with Crippen molar-refractivity contribution in [3.8, 4) is 6.07 Å². The summed E-state index contributed by atoms with van der Waals surface area (Å²) >= 11 is 0. The van der Waals surface area contributed by atoms with Crippen LogP contribution < -0.4 is 0 Å². The number of esters is 1. The molecule has 26 heavy (non-hydrogen) atoms. The number of nitrogens with zero attached hydrogens (tertiary/aromatic N) is 3. The molecule has 132 valence electrons. The van der Waals surface area contributed by atoms with Gasteiger partial charge in [0.05, 0.1) is 16.7 Å². The summed E-state index contributed by atoms with van der Waals surface area (Å²) < 4.78 is 10.1. The fourth-order valence-electron chi connectivity index (χ4n) is 2.52. The van der Waals surface area contributed by atoms with Gasteiger partial charge in [-0.15, -0.1) is 0 Å². The maximum absolute atomic E-state index is 12.2. The summed E-state index contributed by atoms with van der Waals surface area (Å²) in [6, 6.07) is 9.11. The number of hydrogen-bond donors (Lipinski definition) is 2. The van der Waals surface area contributed by atoms with Crippen molar-refractivity contribution in [1.82, 2.24) is 15.1 Å². The van der Waals surface area contributed by atoms with E-state index in [2.05, 4.69) is 15.1 Å². The van der Waals surface area contributed by atoms with Crippen LogP contribution in [0.3, 0.4) is 0 Å². The van der Waals surface area contributed by atoms with Gasteiger partial charge >= 0.3 is 5.97 Å². The highest BCUT2D eigenvalue weighted by atomic mass is 16.5. The van der Waals surface area contributed by atoms with E-state index < -0.39 is 18.3 Å². The molecule has 0 amide bonds. The summed E-state index contributed by atoms with van der Waals surface area (Å²) in [7, 11) is 0. The Kier molecular flexibility index (Phi) is 4.71. The second kappa shape index (κ2) is 7.11. The van der Waals surface area contributed by atoms with Gasteiger partial charge < -0.3 is 19.4 Å². The summed E-state index contributed by atoms with van der Waals surface area (Å²) in [5.41, 5.74) is 2.02. The summed E-state index contributed by atoms with van der Waals surface area (Å²) in [6.45, 7) is 2.97. The number of aliphatic hydroxyl groups is 1. The largest absolute Gasteiger partial charge is 0.507 e. The van der Waals surface area contributed by atoms with Crippen LogP contribution in [0.1, 0.15) is 34.6 Å². The number of allylic oxidation sites excluding steroid dienone is 1. The Balaban J connectivity index is 1.82. The number of aromatic nitrogens is 3. The Morgan fingerprint density at radius 3 is 2.88 bits per heavy atom. The smallest absolute Gasteiger partial charge is 0.344 e. The number of para-hydroxylation sites is 2. The van der Waals surface area contributed by atoms with Crippen molar-refractivity contribution in [3.63, 3.8) is 0 Å². The molecule has 2 aromatic heterocycles. The lowest BCUT2D eigenvalue weighted by atomic mass is 10.1. The van der Waals surface area contributed by atoms with Crippen molar-refractivity contribution >= 4 is 22.6 Å². The van der Waals surface area contributed by atoms with Crippen LogP contribution in [0.4, 0.5) is 0 Å². The van der Waals surface area contributed by atoms with Crippen LogP contribution in [0.15, 0.2) is 34.5 Å². The van der Waals surface area contributed by atoms with Gasteiger partial charge in [-0.2, -0.15) is 5.26 Å². The highest BCUT2D eigenvalue weighted by molar-refractivity contribution is 5.92. The number of aryl methyl sites for hydroxylation is 2. The molecule has 2 heterocycles. The van der Waals surface area contributed by atoms with E-state index in [1.54, 1.807) is 19.1 Å². The molecule has 0 aliphatic carbocycles. The molecule has 0 fully saturated rings. The lowest BCUT2D eigenvalue weighted by molar-refractivity contribution is 0.0499. The molecule has 8 nitrogen and oxygen atoms in total. The SMILES string of the molecule is CCc1noc(C)c1C(=O)OC/C(O)=C(\C#N)c1nc2ccccc2[nH]1. The fraction of sp³-hybridized carbons (Fsp3) is 0.222. The molecule has 0 unspecified atom stereocenters. The molecular weight excluding hydrogens is 336 g/mol. The monoisotopic (exact) mass is 352 g/mol. The third-order valence-corrected chi connectivity index (χ3v) is 3.84. The van der Waals surface area contributed by atoms with Crippen LogP contribution in [-0.2, 0) is 11.2 Å². The Hall–Kier alpha value is -3.60. The van der Waals surface area contributed by atoms with E-state index in [-0.39, 0.29) is 17.0 Å². The van der Waals surface area contributed by atoms with Gasteiger partial charge in [-0.05, 0) is 25.5 Å². The number of nitriles is 1. The van der Waals surface area contributed by atoms with Gasteiger partial charge in [-0.3, -0.25) is 0 Å². The number of hydrogen-bond acceptors (Lipinski definition) is 7. The molecule has 3 aromatic rings. The first kappa shape index (κ1) is 17.2. The van der Waals surface area contributed by atoms with E-state index >= 15 is 0 Å². The van der Waals surface area contributed by atoms with Crippen molar-refractivity contribution in [2.75, 3.05) is 6.61 Å². The minimum atomic E-state index is -0.672. The molecule has 3 rings (SSSR count). The number of imidazole rings is 1. The van der Waals surface area contributed by atoms with Crippen molar-refractivity contribution in [2.24, 2.45) is 0 Å². The van der Waals surface area contributed by atoms with Crippen LogP contribution in [0.2, 0.25) is 0 Å². The zero-order valence-corrected chi connectivity index (χ0v) is 14.2. The van der Waals surface area contributed by atoms with Crippen LogP contribution in [0.5, 0.6) is 0 Å². The molecule has 0 bridgehead atoms. The van der Waals surface area contributed by atoms with E-state index in [9.17, 15) is 15.2 Å². The number of rotatable bonds is 5. The van der Waals surface area contributed by atoms with Crippen molar-refractivity contribution in [2.45, 2.75) is 20.3 Å². The topological polar surface area (TPSA) is 125 Å². The number of ether oxygens (including phenoxy) is 1. The van der Waals surface area contributed by atoms with E-state index in [0.29, 0.717) is 23.4 Å². The molecule has 0 radical (unpaired) electrons.